The molecule has 2 heterocycles. The van der Waals surface area contributed by atoms with Gasteiger partial charge >= 0.3 is 0 Å². The molecule has 2 atom stereocenters. The van der Waals surface area contributed by atoms with Crippen LogP contribution in [-0.4, -0.2) is 35.3 Å². The van der Waals surface area contributed by atoms with Crippen LogP contribution in [0.2, 0.25) is 0 Å². The Kier molecular flexibility index (Phi) is 7.50. The Bertz CT molecular complexity index is 773. The third kappa shape index (κ3) is 5.35. The second kappa shape index (κ2) is 10.1. The molecule has 1 saturated carbocycles. The number of nitrogens with zero attached hydrogens (tertiary/aromatic N) is 2. The molecule has 28 heavy (non-hydrogen) atoms. The standard InChI is InChI=1S/C21H29N3O3S/c1-14-7-4-5-9-19(14)26-12-11-22-20(25)17-8-6-10-23-21(17)28-13-18-15(2)24-27-16(18)3/h6,8,10,14,19H,4-5,7,9,11-13H2,1-3H3,(H,22,25)/t14-,19+/m0/s1. The van der Waals surface area contributed by atoms with Gasteiger partial charge < -0.3 is 14.6 Å². The number of amides is 1. The molecular weight excluding hydrogens is 374 g/mol. The predicted octanol–water partition coefficient (Wildman–Crippen LogP) is 4.30. The molecule has 2 aromatic rings. The van der Waals surface area contributed by atoms with Gasteiger partial charge in [0.1, 0.15) is 10.8 Å². The lowest BCUT2D eigenvalue weighted by Crippen LogP contribution is -2.32. The molecule has 0 saturated heterocycles. The van der Waals surface area contributed by atoms with Gasteiger partial charge in [-0.1, -0.05) is 24.9 Å². The lowest BCUT2D eigenvalue weighted by atomic mass is 9.88. The van der Waals surface area contributed by atoms with Crippen molar-refractivity contribution in [1.29, 1.82) is 0 Å². The summed E-state index contributed by atoms with van der Waals surface area (Å²) in [6.45, 7) is 7.12. The monoisotopic (exact) mass is 403 g/mol. The summed E-state index contributed by atoms with van der Waals surface area (Å²) in [7, 11) is 0. The fourth-order valence-electron chi connectivity index (χ4n) is 3.53. The van der Waals surface area contributed by atoms with E-state index in [1.807, 2.05) is 19.9 Å². The van der Waals surface area contributed by atoms with Gasteiger partial charge in [0.05, 0.1) is 24.0 Å². The largest absolute Gasteiger partial charge is 0.376 e. The average Bonchev–Trinajstić information content (AvgIpc) is 3.02. The Balaban J connectivity index is 1.51. The fourth-order valence-corrected chi connectivity index (χ4v) is 4.67. The van der Waals surface area contributed by atoms with Crippen molar-refractivity contribution in [2.45, 2.75) is 63.3 Å². The van der Waals surface area contributed by atoms with Crippen LogP contribution >= 0.6 is 11.8 Å². The predicted molar refractivity (Wildman–Crippen MR) is 109 cm³/mol. The Labute approximate surface area is 170 Å². The van der Waals surface area contributed by atoms with Crippen molar-refractivity contribution in [1.82, 2.24) is 15.5 Å². The number of aromatic nitrogens is 2. The number of pyridine rings is 1. The third-order valence-corrected chi connectivity index (χ3v) is 6.33. The maximum absolute atomic E-state index is 12.6. The SMILES string of the molecule is Cc1noc(C)c1CSc1ncccc1C(=O)NCCO[C@@H]1CCCC[C@@H]1C. The Hall–Kier alpha value is -1.86. The van der Waals surface area contributed by atoms with Crippen molar-refractivity contribution in [3.05, 3.63) is 40.9 Å². The molecule has 1 aliphatic rings. The first kappa shape index (κ1) is 20.9. The molecule has 0 spiro atoms. The van der Waals surface area contributed by atoms with Crippen LogP contribution in [0.15, 0.2) is 27.9 Å². The van der Waals surface area contributed by atoms with Crippen LogP contribution in [0, 0.1) is 19.8 Å². The lowest BCUT2D eigenvalue weighted by molar-refractivity contribution is -0.00294. The molecule has 0 aliphatic heterocycles. The Morgan fingerprint density at radius 3 is 2.93 bits per heavy atom. The normalized spacial score (nSPS) is 19.5. The number of carbonyl (C=O) groups excluding carboxylic acids is 1. The average molecular weight is 404 g/mol. The molecule has 1 amide bonds. The summed E-state index contributed by atoms with van der Waals surface area (Å²) in [4.78, 5) is 17.0. The fraction of sp³-hybridized carbons (Fsp3) is 0.571. The summed E-state index contributed by atoms with van der Waals surface area (Å²) < 4.78 is 11.2. The smallest absolute Gasteiger partial charge is 0.254 e. The van der Waals surface area contributed by atoms with E-state index in [1.54, 1.807) is 12.3 Å². The van der Waals surface area contributed by atoms with E-state index in [1.165, 1.54) is 31.0 Å². The minimum Gasteiger partial charge on any atom is -0.376 e. The summed E-state index contributed by atoms with van der Waals surface area (Å²) in [5.41, 5.74) is 2.52. The van der Waals surface area contributed by atoms with E-state index in [9.17, 15) is 4.79 Å². The van der Waals surface area contributed by atoms with E-state index < -0.39 is 0 Å². The van der Waals surface area contributed by atoms with Gasteiger partial charge in [0, 0.05) is 24.1 Å². The maximum atomic E-state index is 12.6. The molecular formula is C21H29N3O3S. The molecule has 1 aliphatic carbocycles. The van der Waals surface area contributed by atoms with Gasteiger partial charge in [-0.05, 0) is 44.7 Å². The first-order chi connectivity index (χ1) is 13.6. The van der Waals surface area contributed by atoms with Crippen molar-refractivity contribution < 1.29 is 14.1 Å². The van der Waals surface area contributed by atoms with Gasteiger partial charge in [0.2, 0.25) is 0 Å². The molecule has 7 heteroatoms. The van der Waals surface area contributed by atoms with E-state index in [0.717, 1.165) is 23.4 Å². The van der Waals surface area contributed by atoms with Crippen molar-refractivity contribution >= 4 is 17.7 Å². The number of aryl methyl sites for hydroxylation is 2. The van der Waals surface area contributed by atoms with Crippen molar-refractivity contribution in [2.24, 2.45) is 5.92 Å². The van der Waals surface area contributed by atoms with Crippen LogP contribution in [0.5, 0.6) is 0 Å². The minimum absolute atomic E-state index is 0.116. The number of ether oxygens (including phenoxy) is 1. The van der Waals surface area contributed by atoms with Gasteiger partial charge in [-0.15, -0.1) is 11.8 Å². The maximum Gasteiger partial charge on any atom is 0.254 e. The summed E-state index contributed by atoms with van der Waals surface area (Å²) in [5, 5.41) is 7.65. The highest BCUT2D eigenvalue weighted by atomic mass is 32.2. The van der Waals surface area contributed by atoms with Crippen LogP contribution in [0.3, 0.4) is 0 Å². The van der Waals surface area contributed by atoms with Crippen LogP contribution in [-0.2, 0) is 10.5 Å². The quantitative estimate of drug-likeness (QED) is 0.523. The molecule has 0 aromatic carbocycles. The molecule has 1 fully saturated rings. The number of nitrogens with one attached hydrogen (secondary N) is 1. The van der Waals surface area contributed by atoms with E-state index >= 15 is 0 Å². The Morgan fingerprint density at radius 2 is 2.18 bits per heavy atom. The van der Waals surface area contributed by atoms with Crippen molar-refractivity contribution in [3.63, 3.8) is 0 Å². The zero-order valence-electron chi connectivity index (χ0n) is 16.9. The summed E-state index contributed by atoms with van der Waals surface area (Å²) in [5.74, 6) is 1.96. The molecule has 6 nitrogen and oxygen atoms in total. The molecule has 152 valence electrons. The van der Waals surface area contributed by atoms with Gasteiger partial charge in [0.15, 0.2) is 0 Å². The van der Waals surface area contributed by atoms with Gasteiger partial charge in [-0.2, -0.15) is 0 Å². The van der Waals surface area contributed by atoms with Crippen LogP contribution < -0.4 is 5.32 Å². The summed E-state index contributed by atoms with van der Waals surface area (Å²) >= 11 is 1.52. The third-order valence-electron chi connectivity index (χ3n) is 5.30. The second-order valence-corrected chi connectivity index (χ2v) is 8.34. The van der Waals surface area contributed by atoms with Crippen molar-refractivity contribution in [2.75, 3.05) is 13.2 Å². The first-order valence-electron chi connectivity index (χ1n) is 9.95. The molecule has 0 bridgehead atoms. The number of hydrogen-bond acceptors (Lipinski definition) is 6. The molecule has 0 unspecified atom stereocenters. The van der Waals surface area contributed by atoms with E-state index in [-0.39, 0.29) is 5.91 Å². The van der Waals surface area contributed by atoms with Crippen LogP contribution in [0.4, 0.5) is 0 Å². The van der Waals surface area contributed by atoms with Gasteiger partial charge in [-0.25, -0.2) is 4.98 Å². The van der Waals surface area contributed by atoms with Gasteiger partial charge in [-0.3, -0.25) is 4.79 Å². The highest BCUT2D eigenvalue weighted by Crippen LogP contribution is 2.27. The van der Waals surface area contributed by atoms with Crippen LogP contribution in [0.1, 0.15) is 60.0 Å². The molecule has 1 N–H and O–H groups in total. The van der Waals surface area contributed by atoms with Gasteiger partial charge in [0.25, 0.3) is 5.91 Å². The van der Waals surface area contributed by atoms with Crippen LogP contribution in [0.25, 0.3) is 0 Å². The minimum atomic E-state index is -0.116. The zero-order valence-corrected chi connectivity index (χ0v) is 17.7. The zero-order chi connectivity index (χ0) is 19.9. The highest BCUT2D eigenvalue weighted by molar-refractivity contribution is 7.98. The molecule has 2 aromatic heterocycles. The summed E-state index contributed by atoms with van der Waals surface area (Å²) in [6.07, 6.45) is 6.93. The number of carbonyl (C=O) groups is 1. The lowest BCUT2D eigenvalue weighted by Gasteiger charge is -2.28. The van der Waals surface area contributed by atoms with E-state index in [4.69, 9.17) is 9.26 Å². The summed E-state index contributed by atoms with van der Waals surface area (Å²) in [6, 6.07) is 3.59. The number of rotatable bonds is 8. The number of hydrogen-bond donors (Lipinski definition) is 1. The second-order valence-electron chi connectivity index (χ2n) is 7.37. The topological polar surface area (TPSA) is 77.2 Å². The Morgan fingerprint density at radius 1 is 1.36 bits per heavy atom. The number of thioether (sulfide) groups is 1. The van der Waals surface area contributed by atoms with Crippen molar-refractivity contribution in [3.8, 4) is 0 Å². The molecule has 3 rings (SSSR count). The molecule has 0 radical (unpaired) electrons. The highest BCUT2D eigenvalue weighted by Gasteiger charge is 2.21. The van der Waals surface area contributed by atoms with E-state index in [2.05, 4.69) is 22.4 Å². The van der Waals surface area contributed by atoms with E-state index in [0.29, 0.717) is 41.5 Å². The first-order valence-corrected chi connectivity index (χ1v) is 10.9.